The van der Waals surface area contributed by atoms with Gasteiger partial charge in [0.25, 0.3) is 0 Å². The van der Waals surface area contributed by atoms with Crippen LogP contribution in [-0.4, -0.2) is 66.6 Å². The average molecular weight is 436 g/mol. The minimum absolute atomic E-state index is 0.0657. The second kappa shape index (κ2) is 7.19. The average Bonchev–Trinajstić information content (AvgIpc) is 3.18. The van der Waals surface area contributed by atoms with Gasteiger partial charge in [0.05, 0.1) is 0 Å². The summed E-state index contributed by atoms with van der Waals surface area (Å²) in [6.45, 7) is 4.10. The van der Waals surface area contributed by atoms with Gasteiger partial charge in [-0.1, -0.05) is 0 Å². The fourth-order valence-corrected chi connectivity index (χ4v) is 5.06. The van der Waals surface area contributed by atoms with Crippen LogP contribution < -0.4 is 16.0 Å². The van der Waals surface area contributed by atoms with Crippen LogP contribution in [0.5, 0.6) is 0 Å². The number of hydrogen-bond acceptors (Lipinski definition) is 7. The molecule has 5 heterocycles. The largest absolute Gasteiger partial charge is 0.339 e. The van der Waals surface area contributed by atoms with Crippen molar-refractivity contribution in [2.75, 3.05) is 29.9 Å². The molecular formula is C22H29N9O. The van der Waals surface area contributed by atoms with Crippen LogP contribution in [0.3, 0.4) is 0 Å². The van der Waals surface area contributed by atoms with Crippen LogP contribution in [0, 0.1) is 0 Å². The van der Waals surface area contributed by atoms with Crippen molar-refractivity contribution >= 4 is 29.3 Å². The van der Waals surface area contributed by atoms with E-state index in [1.165, 1.54) is 12.8 Å². The SMILES string of the molecule is C[C@]1(C(=O)N2CC[C@H](N)C2)CCCN1c1nc(Nc2cc(C3CC3)[nH]n2)n2cccc2n1. The van der Waals surface area contributed by atoms with Gasteiger partial charge in [-0.15, -0.1) is 0 Å². The van der Waals surface area contributed by atoms with Crippen LogP contribution in [0.4, 0.5) is 17.7 Å². The molecule has 3 fully saturated rings. The number of aromatic nitrogens is 5. The maximum absolute atomic E-state index is 13.5. The zero-order valence-electron chi connectivity index (χ0n) is 18.3. The lowest BCUT2D eigenvalue weighted by molar-refractivity contribution is -0.135. The van der Waals surface area contributed by atoms with E-state index in [2.05, 4.69) is 26.5 Å². The Morgan fingerprint density at radius 1 is 1.28 bits per heavy atom. The molecule has 6 rings (SSSR count). The molecule has 0 aromatic carbocycles. The third-order valence-electron chi connectivity index (χ3n) is 7.09. The van der Waals surface area contributed by atoms with Crippen LogP contribution in [-0.2, 0) is 4.79 Å². The molecule has 2 atom stereocenters. The molecule has 0 bridgehead atoms. The van der Waals surface area contributed by atoms with E-state index in [1.807, 2.05) is 34.6 Å². The number of hydrogen-bond donors (Lipinski definition) is 3. The third kappa shape index (κ3) is 3.21. The van der Waals surface area contributed by atoms with Gasteiger partial charge in [0, 0.05) is 49.6 Å². The number of nitrogens with zero attached hydrogens (tertiary/aromatic N) is 6. The molecule has 1 amide bonds. The monoisotopic (exact) mass is 435 g/mol. The van der Waals surface area contributed by atoms with E-state index in [-0.39, 0.29) is 11.9 Å². The number of carbonyl (C=O) groups excluding carboxylic acids is 1. The maximum Gasteiger partial charge on any atom is 0.248 e. The number of carbonyl (C=O) groups is 1. The highest BCUT2D eigenvalue weighted by Crippen LogP contribution is 2.40. The summed E-state index contributed by atoms with van der Waals surface area (Å²) in [5, 5.41) is 10.9. The second-order valence-electron chi connectivity index (χ2n) is 9.52. The first-order chi connectivity index (χ1) is 15.5. The molecule has 32 heavy (non-hydrogen) atoms. The van der Waals surface area contributed by atoms with E-state index in [1.54, 1.807) is 0 Å². The zero-order chi connectivity index (χ0) is 21.9. The van der Waals surface area contributed by atoms with Gasteiger partial charge in [-0.05, 0) is 51.2 Å². The molecule has 1 aliphatic carbocycles. The molecule has 10 nitrogen and oxygen atoms in total. The number of H-pyrrole nitrogens is 1. The lowest BCUT2D eigenvalue weighted by atomic mass is 9.97. The normalized spacial score (nSPS) is 25.8. The molecule has 0 radical (unpaired) electrons. The van der Waals surface area contributed by atoms with Crippen molar-refractivity contribution < 1.29 is 4.79 Å². The van der Waals surface area contributed by atoms with Crippen LogP contribution >= 0.6 is 0 Å². The molecule has 10 heteroatoms. The summed E-state index contributed by atoms with van der Waals surface area (Å²) < 4.78 is 1.91. The third-order valence-corrected chi connectivity index (χ3v) is 7.09. The van der Waals surface area contributed by atoms with Gasteiger partial charge in [0.15, 0.2) is 5.82 Å². The standard InChI is InChI=1S/C22H29N9O/c1-22(19(32)29-11-7-15(23)13-29)8-3-10-31(22)21-25-18-4-2-9-30(18)20(26-21)24-17-12-16(27-28-17)14-5-6-14/h2,4,9,12,14-15H,3,5-8,10-11,13,23H2,1H3,(H2,24,25,26,27,28)/t15-,22+/m0/s1. The Morgan fingerprint density at radius 3 is 2.94 bits per heavy atom. The number of aromatic amines is 1. The Balaban J connectivity index is 1.33. The number of nitrogens with two attached hydrogens (primary N) is 1. The van der Waals surface area contributed by atoms with Crippen LogP contribution in [0.25, 0.3) is 5.65 Å². The van der Waals surface area contributed by atoms with E-state index in [0.29, 0.717) is 24.4 Å². The second-order valence-corrected chi connectivity index (χ2v) is 9.52. The molecule has 2 aliphatic heterocycles. The summed E-state index contributed by atoms with van der Waals surface area (Å²) in [6, 6.07) is 6.01. The zero-order valence-corrected chi connectivity index (χ0v) is 18.3. The Hall–Kier alpha value is -3.14. The van der Waals surface area contributed by atoms with Gasteiger partial charge >= 0.3 is 0 Å². The predicted octanol–water partition coefficient (Wildman–Crippen LogP) is 1.99. The quantitative estimate of drug-likeness (QED) is 0.560. The molecule has 0 spiro atoms. The molecule has 1 saturated carbocycles. The van der Waals surface area contributed by atoms with Gasteiger partial charge < -0.3 is 20.9 Å². The van der Waals surface area contributed by atoms with Crippen molar-refractivity contribution in [3.63, 3.8) is 0 Å². The molecule has 168 valence electrons. The first kappa shape index (κ1) is 19.5. The number of amides is 1. The highest BCUT2D eigenvalue weighted by atomic mass is 16.2. The van der Waals surface area contributed by atoms with Crippen molar-refractivity contribution in [3.8, 4) is 0 Å². The molecule has 0 unspecified atom stereocenters. The summed E-state index contributed by atoms with van der Waals surface area (Å²) in [4.78, 5) is 27.1. The molecule has 4 N–H and O–H groups in total. The number of likely N-dealkylation sites (tertiary alicyclic amines) is 1. The Kier molecular flexibility index (Phi) is 4.39. The lowest BCUT2D eigenvalue weighted by Gasteiger charge is -2.37. The number of rotatable bonds is 5. The summed E-state index contributed by atoms with van der Waals surface area (Å²) in [5.74, 6) is 2.65. The van der Waals surface area contributed by atoms with Crippen LogP contribution in [0.15, 0.2) is 24.4 Å². The number of fused-ring (bicyclic) bond motifs is 1. The van der Waals surface area contributed by atoms with Crippen LogP contribution in [0.1, 0.15) is 50.6 Å². The van der Waals surface area contributed by atoms with Gasteiger partial charge in [-0.3, -0.25) is 14.3 Å². The molecule has 2 saturated heterocycles. The van der Waals surface area contributed by atoms with E-state index in [4.69, 9.17) is 15.7 Å². The molecule has 3 aromatic rings. The van der Waals surface area contributed by atoms with Crippen molar-refractivity contribution in [3.05, 3.63) is 30.1 Å². The minimum Gasteiger partial charge on any atom is -0.339 e. The summed E-state index contributed by atoms with van der Waals surface area (Å²) in [7, 11) is 0. The lowest BCUT2D eigenvalue weighted by Crippen LogP contribution is -2.55. The van der Waals surface area contributed by atoms with Crippen molar-refractivity contribution in [1.29, 1.82) is 0 Å². The number of nitrogens with one attached hydrogen (secondary N) is 2. The Morgan fingerprint density at radius 2 is 2.16 bits per heavy atom. The fraction of sp³-hybridized carbons (Fsp3) is 0.545. The minimum atomic E-state index is -0.669. The molecular weight excluding hydrogens is 406 g/mol. The highest BCUT2D eigenvalue weighted by molar-refractivity contribution is 5.90. The Labute approximate surface area is 186 Å². The fourth-order valence-electron chi connectivity index (χ4n) is 5.06. The highest BCUT2D eigenvalue weighted by Gasteiger charge is 2.47. The molecule has 3 aliphatic rings. The van der Waals surface area contributed by atoms with Crippen molar-refractivity contribution in [2.45, 2.75) is 56.5 Å². The van der Waals surface area contributed by atoms with Crippen molar-refractivity contribution in [2.24, 2.45) is 5.73 Å². The maximum atomic E-state index is 13.5. The summed E-state index contributed by atoms with van der Waals surface area (Å²) in [6.07, 6.45) is 6.91. The number of anilines is 3. The van der Waals surface area contributed by atoms with Crippen molar-refractivity contribution in [1.82, 2.24) is 29.5 Å². The van der Waals surface area contributed by atoms with E-state index < -0.39 is 5.54 Å². The predicted molar refractivity (Wildman–Crippen MR) is 121 cm³/mol. The van der Waals surface area contributed by atoms with E-state index in [0.717, 1.165) is 49.5 Å². The Bertz CT molecular complexity index is 1170. The van der Waals surface area contributed by atoms with Gasteiger partial charge in [0.2, 0.25) is 17.8 Å². The van der Waals surface area contributed by atoms with Gasteiger partial charge in [-0.25, -0.2) is 0 Å². The van der Waals surface area contributed by atoms with Gasteiger partial charge in [-0.2, -0.15) is 15.1 Å². The summed E-state index contributed by atoms with van der Waals surface area (Å²) in [5.41, 5.74) is 7.34. The first-order valence-corrected chi connectivity index (χ1v) is 11.5. The summed E-state index contributed by atoms with van der Waals surface area (Å²) >= 11 is 0. The van der Waals surface area contributed by atoms with Crippen LogP contribution in [0.2, 0.25) is 0 Å². The van der Waals surface area contributed by atoms with E-state index in [9.17, 15) is 4.79 Å². The molecule has 3 aromatic heterocycles. The first-order valence-electron chi connectivity index (χ1n) is 11.5. The smallest absolute Gasteiger partial charge is 0.248 e. The topological polar surface area (TPSA) is 120 Å². The van der Waals surface area contributed by atoms with Gasteiger partial charge in [0.1, 0.15) is 11.2 Å². The van der Waals surface area contributed by atoms with E-state index >= 15 is 0 Å².